The van der Waals surface area contributed by atoms with Crippen LogP contribution in [0.4, 0.5) is 5.82 Å². The van der Waals surface area contributed by atoms with Crippen LogP contribution in [0.5, 0.6) is 0 Å². The molecule has 0 saturated heterocycles. The van der Waals surface area contributed by atoms with Gasteiger partial charge in [-0.15, -0.1) is 5.10 Å². The predicted molar refractivity (Wildman–Crippen MR) is 43.6 cm³/mol. The van der Waals surface area contributed by atoms with Crippen LogP contribution in [0, 0.1) is 0 Å². The van der Waals surface area contributed by atoms with E-state index in [-0.39, 0.29) is 0 Å². The van der Waals surface area contributed by atoms with E-state index in [1.165, 1.54) is 0 Å². The molecule has 4 nitrogen and oxygen atoms in total. The third kappa shape index (κ3) is 1.81. The fourth-order valence-corrected chi connectivity index (χ4v) is 0.866. The summed E-state index contributed by atoms with van der Waals surface area (Å²) in [6.45, 7) is 2.90. The molecule has 0 aliphatic heterocycles. The maximum absolute atomic E-state index is 3.80. The number of nitrogens with one attached hydrogen (secondary N) is 1. The molecule has 50 valence electrons. The summed E-state index contributed by atoms with van der Waals surface area (Å²) in [5.74, 6) is 0.826. The van der Waals surface area contributed by atoms with Crippen molar-refractivity contribution in [2.75, 3.05) is 11.9 Å². The van der Waals surface area contributed by atoms with E-state index in [1.807, 2.05) is 36.0 Å². The van der Waals surface area contributed by atoms with E-state index in [4.69, 9.17) is 0 Å². The van der Waals surface area contributed by atoms with Crippen molar-refractivity contribution in [1.82, 2.24) is 13.2 Å². The molecule has 0 aliphatic carbocycles. The zero-order valence-corrected chi connectivity index (χ0v) is 7.16. The van der Waals surface area contributed by atoms with E-state index in [9.17, 15) is 0 Å². The second kappa shape index (κ2) is 3.00. The van der Waals surface area contributed by atoms with Crippen molar-refractivity contribution in [3.05, 3.63) is 6.20 Å². The summed E-state index contributed by atoms with van der Waals surface area (Å²) in [6, 6.07) is 0. The summed E-state index contributed by atoms with van der Waals surface area (Å²) in [4.78, 5) is 0. The normalized spacial score (nSPS) is 9.56. The average molecular weight is 238 g/mol. The van der Waals surface area contributed by atoms with Crippen molar-refractivity contribution in [1.29, 1.82) is 0 Å². The van der Waals surface area contributed by atoms with Gasteiger partial charge in [0.1, 0.15) is 0 Å². The molecule has 1 rings (SSSR count). The molecule has 0 fully saturated rings. The van der Waals surface area contributed by atoms with Gasteiger partial charge in [-0.1, -0.05) is 5.21 Å². The van der Waals surface area contributed by atoms with Crippen LogP contribution in [0.3, 0.4) is 0 Å². The van der Waals surface area contributed by atoms with Crippen molar-refractivity contribution in [2.24, 2.45) is 0 Å². The third-order valence-corrected chi connectivity index (χ3v) is 1.30. The fourth-order valence-electron chi connectivity index (χ4n) is 0.506. The van der Waals surface area contributed by atoms with Crippen molar-refractivity contribution >= 4 is 28.7 Å². The lowest BCUT2D eigenvalue weighted by Crippen LogP contribution is -1.95. The number of rotatable bonds is 2. The summed E-state index contributed by atoms with van der Waals surface area (Å²) in [6.07, 6.45) is 1.82. The van der Waals surface area contributed by atoms with E-state index in [0.29, 0.717) is 0 Å². The van der Waals surface area contributed by atoms with Gasteiger partial charge in [0.2, 0.25) is 0 Å². The minimum absolute atomic E-state index is 0.826. The van der Waals surface area contributed by atoms with Crippen molar-refractivity contribution < 1.29 is 0 Å². The molecule has 1 N–H and O–H groups in total. The molecule has 5 heteroatoms. The highest BCUT2D eigenvalue weighted by Crippen LogP contribution is 2.00. The van der Waals surface area contributed by atoms with Crippen molar-refractivity contribution in [3.8, 4) is 0 Å². The molecule has 1 heterocycles. The molecule has 9 heavy (non-hydrogen) atoms. The Bertz CT molecular complexity index is 184. The van der Waals surface area contributed by atoms with E-state index in [0.717, 1.165) is 12.4 Å². The number of hydrogen-bond donors (Lipinski definition) is 1. The second-order valence-corrected chi connectivity index (χ2v) is 2.51. The zero-order chi connectivity index (χ0) is 6.69. The minimum atomic E-state index is 0.826. The van der Waals surface area contributed by atoms with Crippen LogP contribution in [0.25, 0.3) is 0 Å². The standard InChI is InChI=1S/C4H7IN4/c1-2-6-4-3-9(5)8-7-4/h3,6H,2H2,1H3. The lowest BCUT2D eigenvalue weighted by molar-refractivity contribution is 0.918. The molecule has 0 amide bonds. The van der Waals surface area contributed by atoms with E-state index in [1.54, 1.807) is 2.90 Å². The number of anilines is 1. The largest absolute Gasteiger partial charge is 0.368 e. The molecule has 0 saturated carbocycles. The van der Waals surface area contributed by atoms with Crippen LogP contribution in [-0.2, 0) is 0 Å². The Labute approximate surface area is 67.1 Å². The SMILES string of the molecule is CCNc1cn(I)nn1. The van der Waals surface area contributed by atoms with Crippen molar-refractivity contribution in [3.63, 3.8) is 0 Å². The molecule has 0 spiro atoms. The Hall–Kier alpha value is -0.330. The Balaban J connectivity index is 2.61. The molecule has 1 aromatic heterocycles. The quantitative estimate of drug-likeness (QED) is 0.778. The minimum Gasteiger partial charge on any atom is -0.368 e. The summed E-state index contributed by atoms with van der Waals surface area (Å²) >= 11 is 2.04. The highest BCUT2D eigenvalue weighted by atomic mass is 127. The molecule has 0 bridgehead atoms. The summed E-state index contributed by atoms with van der Waals surface area (Å²) < 4.78 is 1.63. The maximum Gasteiger partial charge on any atom is 0.169 e. The summed E-state index contributed by atoms with van der Waals surface area (Å²) in [5.41, 5.74) is 0. The van der Waals surface area contributed by atoms with Gasteiger partial charge in [0, 0.05) is 6.54 Å². The molecule has 0 atom stereocenters. The first-order valence-electron chi connectivity index (χ1n) is 2.65. The van der Waals surface area contributed by atoms with Crippen LogP contribution in [0.2, 0.25) is 0 Å². The highest BCUT2D eigenvalue weighted by Gasteiger charge is 1.92. The first-order chi connectivity index (χ1) is 4.33. The summed E-state index contributed by atoms with van der Waals surface area (Å²) in [5, 5.41) is 10.6. The van der Waals surface area contributed by atoms with Gasteiger partial charge in [-0.2, -0.15) is 2.90 Å². The first kappa shape index (κ1) is 6.79. The van der Waals surface area contributed by atoms with Crippen LogP contribution in [-0.4, -0.2) is 19.8 Å². The van der Waals surface area contributed by atoms with E-state index >= 15 is 0 Å². The molecule has 0 unspecified atom stereocenters. The number of nitrogens with zero attached hydrogens (tertiary/aromatic N) is 3. The topological polar surface area (TPSA) is 42.7 Å². The van der Waals surface area contributed by atoms with Crippen LogP contribution >= 0.6 is 22.9 Å². The smallest absolute Gasteiger partial charge is 0.169 e. The lowest BCUT2D eigenvalue weighted by atomic mass is 10.7. The third-order valence-electron chi connectivity index (χ3n) is 0.825. The number of aromatic nitrogens is 3. The average Bonchev–Trinajstić information content (AvgIpc) is 2.17. The monoisotopic (exact) mass is 238 g/mol. The molecule has 0 aromatic carbocycles. The van der Waals surface area contributed by atoms with Gasteiger partial charge in [0.25, 0.3) is 0 Å². The maximum atomic E-state index is 3.80. The first-order valence-corrected chi connectivity index (χ1v) is 3.62. The van der Waals surface area contributed by atoms with Gasteiger partial charge in [-0.25, -0.2) is 0 Å². The highest BCUT2D eigenvalue weighted by molar-refractivity contribution is 14.1. The van der Waals surface area contributed by atoms with Crippen LogP contribution in [0.1, 0.15) is 6.92 Å². The molecular formula is C4H7IN4. The van der Waals surface area contributed by atoms with Crippen LogP contribution < -0.4 is 5.32 Å². The number of hydrogen-bond acceptors (Lipinski definition) is 3. The lowest BCUT2D eigenvalue weighted by Gasteiger charge is -1.90. The van der Waals surface area contributed by atoms with Gasteiger partial charge in [-0.05, 0) is 6.92 Å². The van der Waals surface area contributed by atoms with Gasteiger partial charge in [0.15, 0.2) is 5.82 Å². The van der Waals surface area contributed by atoms with E-state index < -0.39 is 0 Å². The fraction of sp³-hybridized carbons (Fsp3) is 0.500. The van der Waals surface area contributed by atoms with Crippen molar-refractivity contribution in [2.45, 2.75) is 6.92 Å². The van der Waals surface area contributed by atoms with Gasteiger partial charge in [0.05, 0.1) is 29.1 Å². The number of halogens is 1. The predicted octanol–water partition coefficient (Wildman–Crippen LogP) is 0.908. The zero-order valence-electron chi connectivity index (χ0n) is 5.00. The molecule has 1 aromatic rings. The second-order valence-electron chi connectivity index (χ2n) is 1.52. The Morgan fingerprint density at radius 1 is 1.89 bits per heavy atom. The van der Waals surface area contributed by atoms with E-state index in [2.05, 4.69) is 15.6 Å². The molecule has 0 aliphatic rings. The Morgan fingerprint density at radius 3 is 3.11 bits per heavy atom. The van der Waals surface area contributed by atoms with Gasteiger partial charge < -0.3 is 5.32 Å². The van der Waals surface area contributed by atoms with Crippen LogP contribution in [0.15, 0.2) is 6.20 Å². The Kier molecular flexibility index (Phi) is 2.26. The van der Waals surface area contributed by atoms with Gasteiger partial charge >= 0.3 is 0 Å². The van der Waals surface area contributed by atoms with Gasteiger partial charge in [-0.3, -0.25) is 0 Å². The molecule has 0 radical (unpaired) electrons. The molecular weight excluding hydrogens is 231 g/mol. The Morgan fingerprint density at radius 2 is 2.67 bits per heavy atom. The summed E-state index contributed by atoms with van der Waals surface area (Å²) in [7, 11) is 0.